The van der Waals surface area contributed by atoms with E-state index >= 15 is 0 Å². The largest absolute Gasteiger partial charge is 0.444 e. The Bertz CT molecular complexity index is 415. The van der Waals surface area contributed by atoms with E-state index in [1.165, 1.54) is 0 Å². The number of hydrogen-bond acceptors (Lipinski definition) is 2. The predicted octanol–water partition coefficient (Wildman–Crippen LogP) is 4.13. The molecular formula is C12H15BrClNO2. The van der Waals surface area contributed by atoms with Crippen LogP contribution in [0.5, 0.6) is 0 Å². The Labute approximate surface area is 115 Å². The average Bonchev–Trinajstić information content (AvgIpc) is 2.18. The van der Waals surface area contributed by atoms with Gasteiger partial charge in [0.05, 0.1) is 5.02 Å². The smallest absolute Gasteiger partial charge is 0.407 e. The van der Waals surface area contributed by atoms with Crippen molar-refractivity contribution in [3.05, 3.63) is 33.3 Å². The number of alkyl carbamates (subject to hydrolysis) is 1. The lowest BCUT2D eigenvalue weighted by atomic mass is 10.2. The molecule has 0 heterocycles. The molecule has 1 aromatic carbocycles. The molecule has 1 amide bonds. The highest BCUT2D eigenvalue weighted by Crippen LogP contribution is 2.25. The molecule has 1 rings (SSSR count). The van der Waals surface area contributed by atoms with Crippen LogP contribution in [0.2, 0.25) is 5.02 Å². The second kappa shape index (κ2) is 5.74. The number of carbonyl (C=O) groups excluding carboxylic acids is 1. The van der Waals surface area contributed by atoms with E-state index in [2.05, 4.69) is 21.2 Å². The van der Waals surface area contributed by atoms with E-state index in [9.17, 15) is 4.79 Å². The minimum Gasteiger partial charge on any atom is -0.444 e. The number of hydrogen-bond donors (Lipinski definition) is 1. The zero-order chi connectivity index (χ0) is 13.1. The van der Waals surface area contributed by atoms with Gasteiger partial charge in [0.1, 0.15) is 5.60 Å². The molecule has 0 fully saturated rings. The van der Waals surface area contributed by atoms with Crippen molar-refractivity contribution in [1.82, 2.24) is 5.32 Å². The first-order valence-corrected chi connectivity index (χ1v) is 6.36. The van der Waals surface area contributed by atoms with Crippen molar-refractivity contribution in [3.8, 4) is 0 Å². The van der Waals surface area contributed by atoms with Crippen LogP contribution in [0.1, 0.15) is 26.3 Å². The van der Waals surface area contributed by atoms with Crippen LogP contribution in [0.4, 0.5) is 4.79 Å². The van der Waals surface area contributed by atoms with Crippen LogP contribution in [0.25, 0.3) is 0 Å². The summed E-state index contributed by atoms with van der Waals surface area (Å²) in [6.07, 6.45) is -0.440. The molecule has 0 bridgehead atoms. The predicted molar refractivity (Wildman–Crippen MR) is 72.2 cm³/mol. The summed E-state index contributed by atoms with van der Waals surface area (Å²) in [6, 6.07) is 5.50. The maximum absolute atomic E-state index is 11.4. The van der Waals surface area contributed by atoms with E-state index in [4.69, 9.17) is 16.3 Å². The van der Waals surface area contributed by atoms with Crippen LogP contribution in [0, 0.1) is 0 Å². The molecule has 1 N–H and O–H groups in total. The van der Waals surface area contributed by atoms with E-state index in [1.807, 2.05) is 32.9 Å². The Kier molecular flexibility index (Phi) is 4.83. The second-order valence-corrected chi connectivity index (χ2v) is 5.77. The van der Waals surface area contributed by atoms with Crippen molar-refractivity contribution in [3.63, 3.8) is 0 Å². The number of nitrogens with one attached hydrogen (secondary N) is 1. The molecule has 0 spiro atoms. The topological polar surface area (TPSA) is 38.3 Å². The maximum Gasteiger partial charge on any atom is 0.407 e. The van der Waals surface area contributed by atoms with Gasteiger partial charge in [-0.1, -0.05) is 23.7 Å². The third kappa shape index (κ3) is 4.96. The van der Waals surface area contributed by atoms with Gasteiger partial charge < -0.3 is 10.1 Å². The van der Waals surface area contributed by atoms with Gasteiger partial charge in [-0.3, -0.25) is 0 Å². The van der Waals surface area contributed by atoms with Crippen molar-refractivity contribution < 1.29 is 9.53 Å². The van der Waals surface area contributed by atoms with Crippen LogP contribution in [-0.2, 0) is 11.3 Å². The number of ether oxygens (including phenoxy) is 1. The molecule has 94 valence electrons. The molecule has 5 heteroatoms. The third-order valence-electron chi connectivity index (χ3n) is 1.85. The molecule has 0 aliphatic rings. The molecule has 0 unspecified atom stereocenters. The van der Waals surface area contributed by atoms with Crippen molar-refractivity contribution in [2.75, 3.05) is 0 Å². The molecule has 17 heavy (non-hydrogen) atoms. The number of rotatable bonds is 2. The highest BCUT2D eigenvalue weighted by Gasteiger charge is 2.16. The molecule has 1 aromatic rings. The summed E-state index contributed by atoms with van der Waals surface area (Å²) in [7, 11) is 0. The lowest BCUT2D eigenvalue weighted by Crippen LogP contribution is -2.32. The van der Waals surface area contributed by atoms with Crippen LogP contribution in [0.3, 0.4) is 0 Å². The number of amides is 1. The molecule has 0 aliphatic carbocycles. The van der Waals surface area contributed by atoms with Gasteiger partial charge in [-0.2, -0.15) is 0 Å². The summed E-state index contributed by atoms with van der Waals surface area (Å²) in [4.78, 5) is 11.4. The molecule has 0 aromatic heterocycles. The SMILES string of the molecule is CC(C)(C)OC(=O)NCc1cccc(Cl)c1Br. The summed E-state index contributed by atoms with van der Waals surface area (Å²) in [5, 5.41) is 3.29. The Balaban J connectivity index is 2.56. The van der Waals surface area contributed by atoms with Crippen molar-refractivity contribution in [2.24, 2.45) is 0 Å². The number of carbonyl (C=O) groups is 1. The van der Waals surface area contributed by atoms with Crippen LogP contribution in [-0.4, -0.2) is 11.7 Å². The molecule has 0 aliphatic heterocycles. The van der Waals surface area contributed by atoms with E-state index in [1.54, 1.807) is 6.07 Å². The van der Waals surface area contributed by atoms with E-state index in [0.29, 0.717) is 11.6 Å². The summed E-state index contributed by atoms with van der Waals surface area (Å²) in [5.74, 6) is 0. The van der Waals surface area contributed by atoms with Gasteiger partial charge in [0.2, 0.25) is 0 Å². The quantitative estimate of drug-likeness (QED) is 0.890. The third-order valence-corrected chi connectivity index (χ3v) is 3.33. The Hall–Kier alpha value is -0.740. The first-order valence-electron chi connectivity index (χ1n) is 5.19. The fraction of sp³-hybridized carbons (Fsp3) is 0.417. The summed E-state index contributed by atoms with van der Waals surface area (Å²) >= 11 is 9.31. The fourth-order valence-electron chi connectivity index (χ4n) is 1.17. The lowest BCUT2D eigenvalue weighted by molar-refractivity contribution is 0.0523. The normalized spacial score (nSPS) is 11.1. The van der Waals surface area contributed by atoms with Gasteiger partial charge in [0, 0.05) is 11.0 Å². The van der Waals surface area contributed by atoms with Crippen molar-refractivity contribution >= 4 is 33.6 Å². The van der Waals surface area contributed by atoms with Crippen LogP contribution >= 0.6 is 27.5 Å². The fourth-order valence-corrected chi connectivity index (χ4v) is 1.77. The highest BCUT2D eigenvalue weighted by atomic mass is 79.9. The van der Waals surface area contributed by atoms with Crippen molar-refractivity contribution in [1.29, 1.82) is 0 Å². The summed E-state index contributed by atoms with van der Waals surface area (Å²) in [5.41, 5.74) is 0.415. The van der Waals surface area contributed by atoms with Crippen LogP contribution < -0.4 is 5.32 Å². The summed E-state index contributed by atoms with van der Waals surface area (Å²) in [6.45, 7) is 5.84. The zero-order valence-electron chi connectivity index (χ0n) is 10.0. The standard InChI is InChI=1S/C12H15BrClNO2/c1-12(2,3)17-11(16)15-7-8-5-4-6-9(14)10(8)13/h4-6H,7H2,1-3H3,(H,15,16). The molecular weight excluding hydrogens is 305 g/mol. The van der Waals surface area contributed by atoms with E-state index in [-0.39, 0.29) is 0 Å². The number of benzene rings is 1. The molecule has 0 radical (unpaired) electrons. The minimum absolute atomic E-state index is 0.371. The Morgan fingerprint density at radius 2 is 2.12 bits per heavy atom. The lowest BCUT2D eigenvalue weighted by Gasteiger charge is -2.19. The molecule has 3 nitrogen and oxygen atoms in total. The van der Waals surface area contributed by atoms with Gasteiger partial charge >= 0.3 is 6.09 Å². The van der Waals surface area contributed by atoms with Crippen molar-refractivity contribution in [2.45, 2.75) is 32.9 Å². The maximum atomic E-state index is 11.4. The van der Waals surface area contributed by atoms with E-state index in [0.717, 1.165) is 10.0 Å². The molecule has 0 saturated heterocycles. The highest BCUT2D eigenvalue weighted by molar-refractivity contribution is 9.10. The first kappa shape index (κ1) is 14.3. The number of halogens is 2. The minimum atomic E-state index is -0.490. The van der Waals surface area contributed by atoms with Crippen LogP contribution in [0.15, 0.2) is 22.7 Å². The zero-order valence-corrected chi connectivity index (χ0v) is 12.4. The monoisotopic (exact) mass is 319 g/mol. The van der Waals surface area contributed by atoms with Gasteiger partial charge in [-0.25, -0.2) is 4.79 Å². The van der Waals surface area contributed by atoms with E-state index < -0.39 is 11.7 Å². The van der Waals surface area contributed by atoms with Gasteiger partial charge in [0.25, 0.3) is 0 Å². The molecule has 0 atom stereocenters. The summed E-state index contributed by atoms with van der Waals surface area (Å²) < 4.78 is 5.92. The Morgan fingerprint density at radius 1 is 1.47 bits per heavy atom. The average molecular weight is 321 g/mol. The molecule has 0 saturated carbocycles. The van der Waals surface area contributed by atoms with Gasteiger partial charge in [0.15, 0.2) is 0 Å². The van der Waals surface area contributed by atoms with Gasteiger partial charge in [-0.05, 0) is 48.3 Å². The first-order chi connectivity index (χ1) is 7.79. The second-order valence-electron chi connectivity index (χ2n) is 4.57. The van der Waals surface area contributed by atoms with Gasteiger partial charge in [-0.15, -0.1) is 0 Å². The Morgan fingerprint density at radius 3 is 2.71 bits per heavy atom.